The number of halogens is 1. The van der Waals surface area contributed by atoms with Crippen LogP contribution in [0.4, 0.5) is 0 Å². The van der Waals surface area contributed by atoms with Gasteiger partial charge in [0.25, 0.3) is 0 Å². The van der Waals surface area contributed by atoms with Crippen LogP contribution in [-0.4, -0.2) is 17.9 Å². The van der Waals surface area contributed by atoms with E-state index in [-0.39, 0.29) is 5.91 Å². The van der Waals surface area contributed by atoms with Gasteiger partial charge < -0.3 is 0 Å². The Morgan fingerprint density at radius 2 is 2.00 bits per heavy atom. The molecule has 3 nitrogen and oxygen atoms in total. The van der Waals surface area contributed by atoms with Crippen LogP contribution in [0.1, 0.15) is 12.0 Å². The van der Waals surface area contributed by atoms with Gasteiger partial charge in [0.15, 0.2) is 0 Å². The number of carbonyl (C=O) groups is 1. The van der Waals surface area contributed by atoms with E-state index >= 15 is 0 Å². The third-order valence-corrected chi connectivity index (χ3v) is 4.10. The number of hydrogen-bond acceptors (Lipinski definition) is 3. The molecule has 0 aliphatic heterocycles. The van der Waals surface area contributed by atoms with Crippen molar-refractivity contribution in [1.29, 1.82) is 0 Å². The van der Waals surface area contributed by atoms with E-state index in [9.17, 15) is 4.79 Å². The summed E-state index contributed by atoms with van der Waals surface area (Å²) in [5, 5.41) is 3.95. The third kappa shape index (κ3) is 6.14. The number of carbonyl (C=O) groups excluding carboxylic acids is 1. The first kappa shape index (κ1) is 15.8. The molecule has 1 amide bonds. The highest BCUT2D eigenvalue weighted by Gasteiger charge is 2.00. The van der Waals surface area contributed by atoms with Crippen molar-refractivity contribution in [2.24, 2.45) is 5.10 Å². The number of nitrogens with zero attached hydrogens (tertiary/aromatic N) is 1. The summed E-state index contributed by atoms with van der Waals surface area (Å²) in [6.45, 7) is 0. The Morgan fingerprint density at radius 3 is 2.76 bits per heavy atom. The van der Waals surface area contributed by atoms with Crippen LogP contribution in [-0.2, 0) is 4.79 Å². The molecule has 0 atom stereocenters. The highest BCUT2D eigenvalue weighted by Crippen LogP contribution is 2.17. The van der Waals surface area contributed by atoms with Gasteiger partial charge in [-0.3, -0.25) is 4.79 Å². The Morgan fingerprint density at radius 1 is 1.19 bits per heavy atom. The molecule has 0 bridgehead atoms. The van der Waals surface area contributed by atoms with Gasteiger partial charge >= 0.3 is 0 Å². The third-order valence-electron chi connectivity index (χ3n) is 2.59. The standard InChI is InChI=1S/C16H15BrN2OS/c17-14-6-4-5-13(11-14)12-18-19-16(20)9-10-21-15-7-2-1-3-8-15/h1-8,11-12H,9-10H2,(H,19,20)/b18-12+. The zero-order valence-corrected chi connectivity index (χ0v) is 13.7. The first-order chi connectivity index (χ1) is 10.2. The van der Waals surface area contributed by atoms with Gasteiger partial charge in [0.2, 0.25) is 5.91 Å². The largest absolute Gasteiger partial charge is 0.273 e. The van der Waals surface area contributed by atoms with Gasteiger partial charge in [0.05, 0.1) is 6.21 Å². The van der Waals surface area contributed by atoms with Crippen LogP contribution in [0.15, 0.2) is 69.1 Å². The first-order valence-electron chi connectivity index (χ1n) is 6.49. The van der Waals surface area contributed by atoms with Crippen molar-refractivity contribution in [3.05, 3.63) is 64.6 Å². The second-order valence-electron chi connectivity index (χ2n) is 4.26. The first-order valence-corrected chi connectivity index (χ1v) is 8.27. The summed E-state index contributed by atoms with van der Waals surface area (Å²) >= 11 is 5.05. The van der Waals surface area contributed by atoms with Crippen LogP contribution in [0.25, 0.3) is 0 Å². The van der Waals surface area contributed by atoms with Crippen molar-refractivity contribution in [3.63, 3.8) is 0 Å². The van der Waals surface area contributed by atoms with Crippen LogP contribution in [0, 0.1) is 0 Å². The van der Waals surface area contributed by atoms with Crippen molar-refractivity contribution in [2.45, 2.75) is 11.3 Å². The SMILES string of the molecule is O=C(CCSc1ccccc1)N/N=C/c1cccc(Br)c1. The number of amides is 1. The molecule has 0 aliphatic carbocycles. The molecule has 0 fully saturated rings. The van der Waals surface area contributed by atoms with Crippen LogP contribution in [0.3, 0.4) is 0 Å². The Labute approximate surface area is 137 Å². The van der Waals surface area contributed by atoms with E-state index in [4.69, 9.17) is 0 Å². The number of benzene rings is 2. The molecule has 5 heteroatoms. The average Bonchev–Trinajstić information content (AvgIpc) is 2.48. The lowest BCUT2D eigenvalue weighted by Crippen LogP contribution is -2.17. The fourth-order valence-electron chi connectivity index (χ4n) is 1.60. The van der Waals surface area contributed by atoms with Crippen LogP contribution >= 0.6 is 27.7 Å². The van der Waals surface area contributed by atoms with Gasteiger partial charge in [0.1, 0.15) is 0 Å². The molecule has 108 valence electrons. The summed E-state index contributed by atoms with van der Waals surface area (Å²) in [6.07, 6.45) is 2.07. The molecule has 0 saturated carbocycles. The lowest BCUT2D eigenvalue weighted by Gasteiger charge is -2.01. The predicted molar refractivity (Wildman–Crippen MR) is 91.7 cm³/mol. The van der Waals surface area contributed by atoms with Gasteiger partial charge in [-0.05, 0) is 29.8 Å². The van der Waals surface area contributed by atoms with E-state index < -0.39 is 0 Å². The molecule has 0 heterocycles. The van der Waals surface area contributed by atoms with Crippen LogP contribution in [0.2, 0.25) is 0 Å². The lowest BCUT2D eigenvalue weighted by molar-refractivity contribution is -0.120. The molecule has 2 aromatic rings. The predicted octanol–water partition coefficient (Wildman–Crippen LogP) is 4.08. The molecular weight excluding hydrogens is 348 g/mol. The Hall–Kier alpha value is -1.59. The number of hydrazone groups is 1. The molecular formula is C16H15BrN2OS. The Bertz CT molecular complexity index is 617. The van der Waals surface area contributed by atoms with Crippen molar-refractivity contribution < 1.29 is 4.79 Å². The summed E-state index contributed by atoms with van der Waals surface area (Å²) in [6, 6.07) is 17.7. The summed E-state index contributed by atoms with van der Waals surface area (Å²) in [4.78, 5) is 12.8. The molecule has 2 rings (SSSR count). The maximum atomic E-state index is 11.6. The highest BCUT2D eigenvalue weighted by molar-refractivity contribution is 9.10. The van der Waals surface area contributed by atoms with Gasteiger partial charge in [-0.1, -0.05) is 46.3 Å². The molecule has 0 unspecified atom stereocenters. The van der Waals surface area contributed by atoms with Crippen LogP contribution < -0.4 is 5.43 Å². The van der Waals surface area contributed by atoms with E-state index in [1.165, 1.54) is 4.90 Å². The zero-order chi connectivity index (χ0) is 14.9. The molecule has 0 spiro atoms. The fourth-order valence-corrected chi connectivity index (χ4v) is 2.89. The topological polar surface area (TPSA) is 41.5 Å². The molecule has 21 heavy (non-hydrogen) atoms. The minimum Gasteiger partial charge on any atom is -0.273 e. The maximum Gasteiger partial charge on any atom is 0.240 e. The molecule has 0 aromatic heterocycles. The number of nitrogens with one attached hydrogen (secondary N) is 1. The summed E-state index contributed by atoms with van der Waals surface area (Å²) in [5.74, 6) is 0.659. The average molecular weight is 363 g/mol. The smallest absolute Gasteiger partial charge is 0.240 e. The van der Waals surface area contributed by atoms with Gasteiger partial charge in [-0.25, -0.2) is 5.43 Å². The highest BCUT2D eigenvalue weighted by atomic mass is 79.9. The second kappa shape index (κ2) is 8.64. The molecule has 2 aromatic carbocycles. The molecule has 0 aliphatic rings. The molecule has 0 radical (unpaired) electrons. The van der Waals surface area contributed by atoms with E-state index in [0.29, 0.717) is 6.42 Å². The maximum absolute atomic E-state index is 11.6. The van der Waals surface area contributed by atoms with Gasteiger partial charge in [-0.2, -0.15) is 5.10 Å². The Balaban J connectivity index is 1.70. The summed E-state index contributed by atoms with van der Waals surface area (Å²) in [7, 11) is 0. The monoisotopic (exact) mass is 362 g/mol. The summed E-state index contributed by atoms with van der Waals surface area (Å²) in [5.41, 5.74) is 3.47. The van der Waals surface area contributed by atoms with Gasteiger partial charge in [-0.15, -0.1) is 11.8 Å². The zero-order valence-electron chi connectivity index (χ0n) is 11.3. The van der Waals surface area contributed by atoms with E-state index in [0.717, 1.165) is 15.8 Å². The lowest BCUT2D eigenvalue weighted by atomic mass is 10.2. The number of rotatable bonds is 6. The van der Waals surface area contributed by atoms with Crippen molar-refractivity contribution in [2.75, 3.05) is 5.75 Å². The van der Waals surface area contributed by atoms with Crippen LogP contribution in [0.5, 0.6) is 0 Å². The fraction of sp³-hybridized carbons (Fsp3) is 0.125. The minimum atomic E-state index is -0.0790. The number of thioether (sulfide) groups is 1. The normalized spacial score (nSPS) is 10.7. The van der Waals surface area contributed by atoms with E-state index in [1.54, 1.807) is 18.0 Å². The second-order valence-corrected chi connectivity index (χ2v) is 6.34. The minimum absolute atomic E-state index is 0.0790. The molecule has 1 N–H and O–H groups in total. The quantitative estimate of drug-likeness (QED) is 0.477. The Kier molecular flexibility index (Phi) is 6.50. The van der Waals surface area contributed by atoms with E-state index in [2.05, 4.69) is 26.5 Å². The molecule has 0 saturated heterocycles. The number of hydrogen-bond donors (Lipinski definition) is 1. The van der Waals surface area contributed by atoms with Crippen molar-refractivity contribution in [3.8, 4) is 0 Å². The van der Waals surface area contributed by atoms with Gasteiger partial charge in [0, 0.05) is 21.5 Å². The summed E-state index contributed by atoms with van der Waals surface area (Å²) < 4.78 is 0.983. The van der Waals surface area contributed by atoms with Crippen molar-refractivity contribution in [1.82, 2.24) is 5.43 Å². The van der Waals surface area contributed by atoms with E-state index in [1.807, 2.05) is 54.6 Å². The van der Waals surface area contributed by atoms with Crippen molar-refractivity contribution >= 4 is 39.8 Å².